The summed E-state index contributed by atoms with van der Waals surface area (Å²) >= 11 is 0. The van der Waals surface area contributed by atoms with Crippen LogP contribution in [0.3, 0.4) is 0 Å². The summed E-state index contributed by atoms with van der Waals surface area (Å²) in [5, 5.41) is 0. The first kappa shape index (κ1) is 8.30. The van der Waals surface area contributed by atoms with Crippen LogP contribution in [0.15, 0.2) is 18.2 Å². The fourth-order valence-corrected chi connectivity index (χ4v) is 2.18. The van der Waals surface area contributed by atoms with E-state index in [0.717, 1.165) is 31.1 Å². The zero-order chi connectivity index (χ0) is 9.54. The van der Waals surface area contributed by atoms with Gasteiger partial charge in [-0.25, -0.2) is 0 Å². The molecule has 2 heteroatoms. The third-order valence-electron chi connectivity index (χ3n) is 3.23. The van der Waals surface area contributed by atoms with Gasteiger partial charge in [-0.3, -0.25) is 0 Å². The smallest absolute Gasteiger partial charge is 0.122 e. The van der Waals surface area contributed by atoms with Gasteiger partial charge in [0.2, 0.25) is 0 Å². The standard InChI is InChI=1S/C12H15NO/c13-11-7-10(11)6-8-1-2-12-9(5-8)3-4-14-12/h1-2,5,10-11H,3-4,6-7,13H2. The van der Waals surface area contributed by atoms with Crippen molar-refractivity contribution < 1.29 is 4.74 Å². The Kier molecular flexibility index (Phi) is 1.77. The van der Waals surface area contributed by atoms with E-state index in [1.54, 1.807) is 0 Å². The third-order valence-corrected chi connectivity index (χ3v) is 3.23. The first-order chi connectivity index (χ1) is 6.83. The van der Waals surface area contributed by atoms with E-state index >= 15 is 0 Å². The predicted molar refractivity (Wildman–Crippen MR) is 55.4 cm³/mol. The number of hydrogen-bond donors (Lipinski definition) is 1. The molecular formula is C12H15NO. The summed E-state index contributed by atoms with van der Waals surface area (Å²) in [4.78, 5) is 0. The van der Waals surface area contributed by atoms with Gasteiger partial charge in [-0.2, -0.15) is 0 Å². The van der Waals surface area contributed by atoms with Gasteiger partial charge in [-0.1, -0.05) is 12.1 Å². The van der Waals surface area contributed by atoms with E-state index in [2.05, 4.69) is 18.2 Å². The molecule has 1 fully saturated rings. The highest BCUT2D eigenvalue weighted by Crippen LogP contribution is 2.33. The fourth-order valence-electron chi connectivity index (χ4n) is 2.18. The van der Waals surface area contributed by atoms with Crippen molar-refractivity contribution in [1.29, 1.82) is 0 Å². The lowest BCUT2D eigenvalue weighted by molar-refractivity contribution is 0.357. The summed E-state index contributed by atoms with van der Waals surface area (Å²) in [6.07, 6.45) is 3.42. The molecule has 2 aliphatic rings. The molecule has 1 saturated carbocycles. The molecule has 2 N–H and O–H groups in total. The molecule has 0 spiro atoms. The highest BCUT2D eigenvalue weighted by Gasteiger charge is 2.33. The molecule has 2 atom stereocenters. The van der Waals surface area contributed by atoms with Crippen LogP contribution in [0.25, 0.3) is 0 Å². The van der Waals surface area contributed by atoms with Crippen LogP contribution in [0.2, 0.25) is 0 Å². The fraction of sp³-hybridized carbons (Fsp3) is 0.500. The molecule has 1 aromatic carbocycles. The average molecular weight is 189 g/mol. The summed E-state index contributed by atoms with van der Waals surface area (Å²) in [7, 11) is 0. The van der Waals surface area contributed by atoms with Crippen LogP contribution >= 0.6 is 0 Å². The minimum Gasteiger partial charge on any atom is -0.493 e. The maximum absolute atomic E-state index is 5.80. The summed E-state index contributed by atoms with van der Waals surface area (Å²) in [5.74, 6) is 1.81. The van der Waals surface area contributed by atoms with Crippen LogP contribution < -0.4 is 10.5 Å². The van der Waals surface area contributed by atoms with Gasteiger partial charge >= 0.3 is 0 Å². The highest BCUT2D eigenvalue weighted by atomic mass is 16.5. The largest absolute Gasteiger partial charge is 0.493 e. The summed E-state index contributed by atoms with van der Waals surface area (Å²) in [5.41, 5.74) is 8.60. The van der Waals surface area contributed by atoms with Gasteiger partial charge in [0.15, 0.2) is 0 Å². The highest BCUT2D eigenvalue weighted by molar-refractivity contribution is 5.40. The first-order valence-corrected chi connectivity index (χ1v) is 5.33. The Balaban J connectivity index is 1.79. The van der Waals surface area contributed by atoms with Gasteiger partial charge in [0.05, 0.1) is 6.61 Å². The maximum atomic E-state index is 5.80. The number of benzene rings is 1. The minimum absolute atomic E-state index is 0.458. The monoisotopic (exact) mass is 189 g/mol. The molecule has 1 aromatic rings. The van der Waals surface area contributed by atoms with Crippen molar-refractivity contribution >= 4 is 0 Å². The molecule has 0 bridgehead atoms. The molecule has 1 aliphatic heterocycles. The number of rotatable bonds is 2. The second-order valence-corrected chi connectivity index (χ2v) is 4.40. The third kappa shape index (κ3) is 1.40. The molecule has 0 aromatic heterocycles. The van der Waals surface area contributed by atoms with Crippen LogP contribution in [-0.2, 0) is 12.8 Å². The summed E-state index contributed by atoms with van der Waals surface area (Å²) in [6.45, 7) is 0.849. The van der Waals surface area contributed by atoms with E-state index < -0.39 is 0 Å². The van der Waals surface area contributed by atoms with Crippen LogP contribution in [0, 0.1) is 5.92 Å². The van der Waals surface area contributed by atoms with E-state index in [9.17, 15) is 0 Å². The molecule has 1 heterocycles. The number of hydrogen-bond acceptors (Lipinski definition) is 2. The van der Waals surface area contributed by atoms with Crippen LogP contribution in [0.5, 0.6) is 5.75 Å². The average Bonchev–Trinajstić information content (AvgIpc) is 2.70. The molecule has 1 aliphatic carbocycles. The second kappa shape index (κ2) is 2.99. The zero-order valence-corrected chi connectivity index (χ0v) is 8.20. The Labute approximate surface area is 84.1 Å². The normalized spacial score (nSPS) is 28.4. The Morgan fingerprint density at radius 3 is 3.07 bits per heavy atom. The lowest BCUT2D eigenvalue weighted by Crippen LogP contribution is -2.03. The van der Waals surface area contributed by atoms with E-state index in [-0.39, 0.29) is 0 Å². The van der Waals surface area contributed by atoms with Crippen molar-refractivity contribution in [1.82, 2.24) is 0 Å². The van der Waals surface area contributed by atoms with Gasteiger partial charge in [-0.15, -0.1) is 0 Å². The van der Waals surface area contributed by atoms with Crippen molar-refractivity contribution in [3.05, 3.63) is 29.3 Å². The van der Waals surface area contributed by atoms with E-state index in [4.69, 9.17) is 10.5 Å². The lowest BCUT2D eigenvalue weighted by atomic mass is 10.0. The molecule has 74 valence electrons. The Bertz CT molecular complexity index is 361. The van der Waals surface area contributed by atoms with Gasteiger partial charge in [0.1, 0.15) is 5.75 Å². The topological polar surface area (TPSA) is 35.2 Å². The second-order valence-electron chi connectivity index (χ2n) is 4.40. The van der Waals surface area contributed by atoms with E-state index in [1.807, 2.05) is 0 Å². The van der Waals surface area contributed by atoms with Crippen LogP contribution in [0.4, 0.5) is 0 Å². The Hall–Kier alpha value is -1.02. The van der Waals surface area contributed by atoms with Crippen molar-refractivity contribution in [2.24, 2.45) is 11.7 Å². The molecule has 14 heavy (non-hydrogen) atoms. The van der Waals surface area contributed by atoms with Gasteiger partial charge in [0.25, 0.3) is 0 Å². The van der Waals surface area contributed by atoms with Gasteiger partial charge in [-0.05, 0) is 36.0 Å². The molecule has 3 rings (SSSR count). The minimum atomic E-state index is 0.458. The van der Waals surface area contributed by atoms with E-state index in [0.29, 0.717) is 6.04 Å². The first-order valence-electron chi connectivity index (χ1n) is 5.33. The van der Waals surface area contributed by atoms with Gasteiger partial charge < -0.3 is 10.5 Å². The molecule has 0 radical (unpaired) electrons. The Morgan fingerprint density at radius 1 is 1.43 bits per heavy atom. The molecule has 0 saturated heterocycles. The lowest BCUT2D eigenvalue weighted by Gasteiger charge is -2.03. The number of ether oxygens (including phenoxy) is 1. The summed E-state index contributed by atoms with van der Waals surface area (Å²) in [6, 6.07) is 7.02. The number of fused-ring (bicyclic) bond motifs is 1. The summed E-state index contributed by atoms with van der Waals surface area (Å²) < 4.78 is 5.47. The predicted octanol–water partition coefficient (Wildman–Crippen LogP) is 1.51. The molecule has 2 unspecified atom stereocenters. The van der Waals surface area contributed by atoms with Crippen LogP contribution in [-0.4, -0.2) is 12.6 Å². The SMILES string of the molecule is NC1CC1Cc1ccc2c(c1)CCO2. The number of nitrogens with two attached hydrogens (primary N) is 1. The zero-order valence-electron chi connectivity index (χ0n) is 8.20. The van der Waals surface area contributed by atoms with Gasteiger partial charge in [0, 0.05) is 12.5 Å². The van der Waals surface area contributed by atoms with Crippen molar-refractivity contribution in [2.45, 2.75) is 25.3 Å². The van der Waals surface area contributed by atoms with Crippen molar-refractivity contribution in [3.63, 3.8) is 0 Å². The quantitative estimate of drug-likeness (QED) is 0.765. The van der Waals surface area contributed by atoms with Crippen molar-refractivity contribution in [2.75, 3.05) is 6.61 Å². The van der Waals surface area contributed by atoms with E-state index in [1.165, 1.54) is 17.5 Å². The van der Waals surface area contributed by atoms with Crippen molar-refractivity contribution in [3.8, 4) is 5.75 Å². The molecule has 2 nitrogen and oxygen atoms in total. The van der Waals surface area contributed by atoms with Crippen LogP contribution in [0.1, 0.15) is 17.5 Å². The molecular weight excluding hydrogens is 174 g/mol. The molecule has 0 amide bonds. The maximum Gasteiger partial charge on any atom is 0.122 e. The Morgan fingerprint density at radius 2 is 2.29 bits per heavy atom.